The van der Waals surface area contributed by atoms with E-state index in [0.717, 1.165) is 11.1 Å². The normalized spacial score (nSPS) is 10.9. The molecule has 0 saturated heterocycles. The molecule has 0 atom stereocenters. The standard InChI is InChI=1S/C27H25FN2O2/c28-25-14-8-7-13-23(25)19-30(18-22-11-5-2-6-12-22)20-24-15-16-26(32-24)27(31)29-17-21-9-3-1-4-10-21/h1-16H,17-20H2,(H,29,31). The van der Waals surface area contributed by atoms with Crippen molar-refractivity contribution in [3.63, 3.8) is 0 Å². The van der Waals surface area contributed by atoms with E-state index in [1.165, 1.54) is 6.07 Å². The zero-order valence-electron chi connectivity index (χ0n) is 17.7. The highest BCUT2D eigenvalue weighted by Gasteiger charge is 2.15. The van der Waals surface area contributed by atoms with Crippen molar-refractivity contribution in [1.82, 2.24) is 10.2 Å². The molecule has 4 rings (SSSR count). The Morgan fingerprint density at radius 1 is 0.750 bits per heavy atom. The molecular formula is C27H25FN2O2. The quantitative estimate of drug-likeness (QED) is 0.380. The summed E-state index contributed by atoms with van der Waals surface area (Å²) < 4.78 is 20.1. The number of furan rings is 1. The summed E-state index contributed by atoms with van der Waals surface area (Å²) in [5.41, 5.74) is 2.76. The topological polar surface area (TPSA) is 45.5 Å². The van der Waals surface area contributed by atoms with Gasteiger partial charge in [0.1, 0.15) is 11.6 Å². The van der Waals surface area contributed by atoms with Gasteiger partial charge in [-0.05, 0) is 29.3 Å². The molecule has 3 aromatic carbocycles. The number of halogens is 1. The highest BCUT2D eigenvalue weighted by atomic mass is 19.1. The fraction of sp³-hybridized carbons (Fsp3) is 0.148. The maximum absolute atomic E-state index is 14.3. The fourth-order valence-corrected chi connectivity index (χ4v) is 3.55. The highest BCUT2D eigenvalue weighted by molar-refractivity contribution is 5.91. The number of nitrogens with zero attached hydrogens (tertiary/aromatic N) is 1. The van der Waals surface area contributed by atoms with Gasteiger partial charge in [0.05, 0.1) is 6.54 Å². The Morgan fingerprint density at radius 3 is 2.12 bits per heavy atom. The lowest BCUT2D eigenvalue weighted by molar-refractivity contribution is 0.0918. The van der Waals surface area contributed by atoms with E-state index in [0.29, 0.717) is 37.5 Å². The van der Waals surface area contributed by atoms with Crippen molar-refractivity contribution in [1.29, 1.82) is 0 Å². The smallest absolute Gasteiger partial charge is 0.287 e. The first-order valence-corrected chi connectivity index (χ1v) is 10.6. The van der Waals surface area contributed by atoms with Crippen LogP contribution in [0.2, 0.25) is 0 Å². The maximum atomic E-state index is 14.3. The molecule has 0 bridgehead atoms. The summed E-state index contributed by atoms with van der Waals surface area (Å²) in [5.74, 6) is 0.429. The molecule has 5 heteroatoms. The molecule has 0 spiro atoms. The number of amides is 1. The fourth-order valence-electron chi connectivity index (χ4n) is 3.55. The molecule has 32 heavy (non-hydrogen) atoms. The van der Waals surface area contributed by atoms with Gasteiger partial charge in [0.25, 0.3) is 5.91 Å². The Kier molecular flexibility index (Phi) is 7.10. The molecule has 1 N–H and O–H groups in total. The lowest BCUT2D eigenvalue weighted by Gasteiger charge is -2.22. The molecule has 0 saturated carbocycles. The summed E-state index contributed by atoms with van der Waals surface area (Å²) >= 11 is 0. The first-order valence-electron chi connectivity index (χ1n) is 10.6. The molecule has 1 aromatic heterocycles. The van der Waals surface area contributed by atoms with Crippen molar-refractivity contribution < 1.29 is 13.6 Å². The van der Waals surface area contributed by atoms with Crippen molar-refractivity contribution in [3.8, 4) is 0 Å². The van der Waals surface area contributed by atoms with Crippen molar-refractivity contribution >= 4 is 5.91 Å². The zero-order chi connectivity index (χ0) is 22.2. The first kappa shape index (κ1) is 21.5. The number of rotatable bonds is 9. The van der Waals surface area contributed by atoms with Crippen LogP contribution in [0.25, 0.3) is 0 Å². The number of hydrogen-bond acceptors (Lipinski definition) is 3. The van der Waals surface area contributed by atoms with Crippen LogP contribution in [0, 0.1) is 5.82 Å². The minimum Gasteiger partial charge on any atom is -0.455 e. The van der Waals surface area contributed by atoms with Gasteiger partial charge in [-0.3, -0.25) is 9.69 Å². The maximum Gasteiger partial charge on any atom is 0.287 e. The van der Waals surface area contributed by atoms with Gasteiger partial charge < -0.3 is 9.73 Å². The van der Waals surface area contributed by atoms with Crippen LogP contribution in [0.5, 0.6) is 0 Å². The summed E-state index contributed by atoms with van der Waals surface area (Å²) in [6.45, 7) is 1.95. The predicted octanol–water partition coefficient (Wildman–Crippen LogP) is 5.55. The molecule has 4 aromatic rings. The lowest BCUT2D eigenvalue weighted by Crippen LogP contribution is -2.23. The van der Waals surface area contributed by atoms with E-state index in [-0.39, 0.29) is 17.5 Å². The summed E-state index contributed by atoms with van der Waals surface area (Å²) in [6.07, 6.45) is 0. The van der Waals surface area contributed by atoms with E-state index in [9.17, 15) is 9.18 Å². The van der Waals surface area contributed by atoms with Crippen molar-refractivity contribution in [2.24, 2.45) is 0 Å². The lowest BCUT2D eigenvalue weighted by atomic mass is 10.1. The van der Waals surface area contributed by atoms with Crippen LogP contribution >= 0.6 is 0 Å². The highest BCUT2D eigenvalue weighted by Crippen LogP contribution is 2.18. The minimum atomic E-state index is -0.260. The van der Waals surface area contributed by atoms with Crippen LogP contribution < -0.4 is 5.32 Å². The summed E-state index contributed by atoms with van der Waals surface area (Å²) in [5, 5.41) is 2.87. The van der Waals surface area contributed by atoms with E-state index in [1.54, 1.807) is 24.3 Å². The molecule has 0 aliphatic rings. The second kappa shape index (κ2) is 10.6. The number of nitrogens with one attached hydrogen (secondary N) is 1. The van der Waals surface area contributed by atoms with E-state index in [1.807, 2.05) is 66.7 Å². The van der Waals surface area contributed by atoms with Gasteiger partial charge in [-0.15, -0.1) is 0 Å². The van der Waals surface area contributed by atoms with Crippen molar-refractivity contribution in [2.75, 3.05) is 0 Å². The minimum absolute atomic E-state index is 0.231. The molecule has 4 nitrogen and oxygen atoms in total. The van der Waals surface area contributed by atoms with E-state index in [2.05, 4.69) is 10.2 Å². The summed E-state index contributed by atoms with van der Waals surface area (Å²) in [6, 6.07) is 30.0. The van der Waals surface area contributed by atoms with Crippen LogP contribution in [-0.4, -0.2) is 10.8 Å². The number of carbonyl (C=O) groups is 1. The average molecular weight is 429 g/mol. The van der Waals surface area contributed by atoms with Crippen LogP contribution in [0.15, 0.2) is 101 Å². The van der Waals surface area contributed by atoms with Gasteiger partial charge in [-0.25, -0.2) is 4.39 Å². The molecule has 0 aliphatic heterocycles. The molecule has 1 amide bonds. The van der Waals surface area contributed by atoms with Crippen LogP contribution in [0.1, 0.15) is 33.0 Å². The SMILES string of the molecule is O=C(NCc1ccccc1)c1ccc(CN(Cc2ccccc2)Cc2ccccc2F)o1. The third-order valence-corrected chi connectivity index (χ3v) is 5.16. The molecule has 162 valence electrons. The Hall–Kier alpha value is -3.70. The van der Waals surface area contributed by atoms with E-state index in [4.69, 9.17) is 4.42 Å². The third kappa shape index (κ3) is 5.93. The number of benzene rings is 3. The Morgan fingerprint density at radius 2 is 1.41 bits per heavy atom. The monoisotopic (exact) mass is 428 g/mol. The van der Waals surface area contributed by atoms with Gasteiger partial charge >= 0.3 is 0 Å². The number of carbonyl (C=O) groups excluding carboxylic acids is 1. The Labute approximate surface area is 187 Å². The molecule has 0 unspecified atom stereocenters. The average Bonchev–Trinajstić information content (AvgIpc) is 3.29. The van der Waals surface area contributed by atoms with Gasteiger partial charge in [0.15, 0.2) is 5.76 Å². The summed E-state index contributed by atoms with van der Waals surface area (Å²) in [4.78, 5) is 14.6. The second-order valence-electron chi connectivity index (χ2n) is 7.66. The molecule has 0 radical (unpaired) electrons. The number of hydrogen-bond donors (Lipinski definition) is 1. The van der Waals surface area contributed by atoms with E-state index >= 15 is 0 Å². The van der Waals surface area contributed by atoms with Gasteiger partial charge in [0, 0.05) is 25.2 Å². The van der Waals surface area contributed by atoms with Crippen molar-refractivity contribution in [3.05, 3.63) is 131 Å². The van der Waals surface area contributed by atoms with Gasteiger partial charge in [-0.2, -0.15) is 0 Å². The van der Waals surface area contributed by atoms with Crippen LogP contribution in [0.4, 0.5) is 4.39 Å². The second-order valence-corrected chi connectivity index (χ2v) is 7.66. The zero-order valence-corrected chi connectivity index (χ0v) is 17.7. The van der Waals surface area contributed by atoms with E-state index < -0.39 is 0 Å². The van der Waals surface area contributed by atoms with Crippen LogP contribution in [-0.2, 0) is 26.2 Å². The van der Waals surface area contributed by atoms with Gasteiger partial charge in [0.2, 0.25) is 0 Å². The van der Waals surface area contributed by atoms with Crippen molar-refractivity contribution in [2.45, 2.75) is 26.2 Å². The third-order valence-electron chi connectivity index (χ3n) is 5.16. The van der Waals surface area contributed by atoms with Gasteiger partial charge in [-0.1, -0.05) is 78.9 Å². The first-order chi connectivity index (χ1) is 15.7. The molecular weight excluding hydrogens is 403 g/mol. The summed E-state index contributed by atoms with van der Waals surface area (Å²) in [7, 11) is 0. The Bertz CT molecular complexity index is 1140. The van der Waals surface area contributed by atoms with Crippen LogP contribution in [0.3, 0.4) is 0 Å². The molecule has 1 heterocycles. The molecule has 0 fully saturated rings. The molecule has 0 aliphatic carbocycles. The largest absolute Gasteiger partial charge is 0.455 e. The Balaban J connectivity index is 1.44. The predicted molar refractivity (Wildman–Crippen MR) is 122 cm³/mol.